The zero-order valence-electron chi connectivity index (χ0n) is 15.6. The Hall–Kier alpha value is -2.86. The van der Waals surface area contributed by atoms with Gasteiger partial charge in [-0.25, -0.2) is 0 Å². The monoisotopic (exact) mass is 402 g/mol. The molecule has 2 amide bonds. The predicted octanol–water partition coefficient (Wildman–Crippen LogP) is 2.81. The van der Waals surface area contributed by atoms with Gasteiger partial charge in [0.15, 0.2) is 6.61 Å². The number of ether oxygens (including phenoxy) is 1. The number of rotatable bonds is 9. The van der Waals surface area contributed by atoms with E-state index in [9.17, 15) is 14.4 Å². The number of amides is 2. The number of benzene rings is 2. The molecule has 6 nitrogen and oxygen atoms in total. The summed E-state index contributed by atoms with van der Waals surface area (Å²) < 4.78 is 5.04. The Kier molecular flexibility index (Phi) is 8.49. The van der Waals surface area contributed by atoms with E-state index < -0.39 is 12.0 Å². The molecule has 7 heteroatoms. The maximum atomic E-state index is 12.1. The lowest BCUT2D eigenvalue weighted by molar-refractivity contribution is -0.149. The lowest BCUT2D eigenvalue weighted by atomic mass is 10.0. The van der Waals surface area contributed by atoms with Crippen molar-refractivity contribution in [3.8, 4) is 0 Å². The summed E-state index contributed by atoms with van der Waals surface area (Å²) in [6, 6.07) is 16.0. The molecule has 0 aliphatic heterocycles. The Labute approximate surface area is 169 Å². The molecule has 0 saturated carbocycles. The van der Waals surface area contributed by atoms with Crippen LogP contribution >= 0.6 is 11.6 Å². The molecule has 0 bridgehead atoms. The summed E-state index contributed by atoms with van der Waals surface area (Å²) in [6.45, 7) is 1.45. The molecule has 2 rings (SSSR count). The summed E-state index contributed by atoms with van der Waals surface area (Å²) in [7, 11) is 0. The van der Waals surface area contributed by atoms with Crippen molar-refractivity contribution in [3.63, 3.8) is 0 Å². The van der Waals surface area contributed by atoms with Gasteiger partial charge in [0, 0.05) is 18.5 Å². The van der Waals surface area contributed by atoms with Gasteiger partial charge in [0.2, 0.25) is 5.91 Å². The first kappa shape index (κ1) is 21.4. The Morgan fingerprint density at radius 1 is 1.04 bits per heavy atom. The molecule has 0 spiro atoms. The number of esters is 1. The van der Waals surface area contributed by atoms with Crippen molar-refractivity contribution >= 4 is 29.4 Å². The average Bonchev–Trinajstić information content (AvgIpc) is 2.68. The minimum Gasteiger partial charge on any atom is -0.456 e. The number of carbonyl (C=O) groups excluding carboxylic acids is 3. The van der Waals surface area contributed by atoms with Crippen molar-refractivity contribution in [2.24, 2.45) is 0 Å². The third-order valence-electron chi connectivity index (χ3n) is 3.96. The van der Waals surface area contributed by atoms with Gasteiger partial charge in [0.1, 0.15) is 0 Å². The van der Waals surface area contributed by atoms with Crippen LogP contribution in [0.5, 0.6) is 0 Å². The van der Waals surface area contributed by atoms with Crippen molar-refractivity contribution in [3.05, 3.63) is 70.7 Å². The van der Waals surface area contributed by atoms with Gasteiger partial charge in [0.05, 0.1) is 12.5 Å². The van der Waals surface area contributed by atoms with Gasteiger partial charge >= 0.3 is 5.97 Å². The van der Waals surface area contributed by atoms with Gasteiger partial charge in [-0.15, -0.1) is 0 Å². The fourth-order valence-electron chi connectivity index (χ4n) is 2.60. The molecule has 148 valence electrons. The molecular weight excluding hydrogens is 380 g/mol. The van der Waals surface area contributed by atoms with E-state index in [-0.39, 0.29) is 24.8 Å². The molecule has 0 saturated heterocycles. The first-order chi connectivity index (χ1) is 13.4. The summed E-state index contributed by atoms with van der Waals surface area (Å²) in [5.74, 6) is -1.19. The standard InChI is InChI=1S/C21H23ClN2O4/c1-15(25)24-19(17-5-3-2-4-6-17)13-21(27)28-14-20(26)23-12-11-16-7-9-18(22)10-8-16/h2-10,19H,11-14H2,1H3,(H,23,26)(H,24,25)/t19-/m1/s1. The maximum Gasteiger partial charge on any atom is 0.308 e. The van der Waals surface area contributed by atoms with Crippen LogP contribution in [0.2, 0.25) is 5.02 Å². The fourth-order valence-corrected chi connectivity index (χ4v) is 2.73. The van der Waals surface area contributed by atoms with Gasteiger partial charge in [-0.2, -0.15) is 0 Å². The van der Waals surface area contributed by atoms with Crippen LogP contribution in [-0.4, -0.2) is 30.9 Å². The highest BCUT2D eigenvalue weighted by Gasteiger charge is 2.18. The van der Waals surface area contributed by atoms with Crippen LogP contribution in [-0.2, 0) is 25.5 Å². The second-order valence-corrected chi connectivity index (χ2v) is 6.69. The SMILES string of the molecule is CC(=O)N[C@H](CC(=O)OCC(=O)NCCc1ccc(Cl)cc1)c1ccccc1. The maximum absolute atomic E-state index is 12.1. The van der Waals surface area contributed by atoms with Gasteiger partial charge < -0.3 is 15.4 Å². The number of carbonyl (C=O) groups is 3. The van der Waals surface area contributed by atoms with Crippen LogP contribution < -0.4 is 10.6 Å². The van der Waals surface area contributed by atoms with E-state index in [1.54, 1.807) is 12.1 Å². The lowest BCUT2D eigenvalue weighted by Gasteiger charge is -2.17. The molecule has 28 heavy (non-hydrogen) atoms. The quantitative estimate of drug-likeness (QED) is 0.631. The number of hydrogen-bond donors (Lipinski definition) is 2. The van der Waals surface area contributed by atoms with E-state index in [0.29, 0.717) is 18.0 Å². The van der Waals surface area contributed by atoms with Gasteiger partial charge in [-0.1, -0.05) is 54.1 Å². The van der Waals surface area contributed by atoms with Crippen LogP contribution in [0, 0.1) is 0 Å². The average molecular weight is 403 g/mol. The fraction of sp³-hybridized carbons (Fsp3) is 0.286. The van der Waals surface area contributed by atoms with E-state index in [1.807, 2.05) is 42.5 Å². The topological polar surface area (TPSA) is 84.5 Å². The molecule has 0 aromatic heterocycles. The second-order valence-electron chi connectivity index (χ2n) is 6.26. The van der Waals surface area contributed by atoms with E-state index in [2.05, 4.69) is 10.6 Å². The van der Waals surface area contributed by atoms with Crippen molar-refractivity contribution in [1.29, 1.82) is 0 Å². The summed E-state index contributed by atoms with van der Waals surface area (Å²) in [5, 5.41) is 6.08. The molecule has 2 N–H and O–H groups in total. The zero-order valence-corrected chi connectivity index (χ0v) is 16.4. The molecule has 1 atom stereocenters. The number of halogens is 1. The molecule has 0 fully saturated rings. The van der Waals surface area contributed by atoms with E-state index in [4.69, 9.17) is 16.3 Å². The molecule has 2 aromatic rings. The lowest BCUT2D eigenvalue weighted by Crippen LogP contribution is -2.32. The minimum absolute atomic E-state index is 0.0539. The summed E-state index contributed by atoms with van der Waals surface area (Å²) in [6.07, 6.45) is 0.594. The van der Waals surface area contributed by atoms with Crippen LogP contribution in [0.15, 0.2) is 54.6 Å². The highest BCUT2D eigenvalue weighted by Crippen LogP contribution is 2.17. The molecule has 0 aliphatic rings. The van der Waals surface area contributed by atoms with Crippen molar-refractivity contribution in [2.45, 2.75) is 25.8 Å². The predicted molar refractivity (Wildman–Crippen MR) is 107 cm³/mol. The first-order valence-electron chi connectivity index (χ1n) is 8.93. The van der Waals surface area contributed by atoms with Gasteiger partial charge in [0.25, 0.3) is 5.91 Å². The normalized spacial score (nSPS) is 11.4. The van der Waals surface area contributed by atoms with E-state index in [1.165, 1.54) is 6.92 Å². The Balaban J connectivity index is 1.74. The van der Waals surface area contributed by atoms with Gasteiger partial charge in [-0.3, -0.25) is 14.4 Å². The Morgan fingerprint density at radius 2 is 1.71 bits per heavy atom. The highest BCUT2D eigenvalue weighted by atomic mass is 35.5. The van der Waals surface area contributed by atoms with Crippen molar-refractivity contribution in [2.75, 3.05) is 13.2 Å². The van der Waals surface area contributed by atoms with Crippen LogP contribution in [0.25, 0.3) is 0 Å². The highest BCUT2D eigenvalue weighted by molar-refractivity contribution is 6.30. The van der Waals surface area contributed by atoms with E-state index >= 15 is 0 Å². The zero-order chi connectivity index (χ0) is 20.4. The smallest absolute Gasteiger partial charge is 0.308 e. The summed E-state index contributed by atoms with van der Waals surface area (Å²) in [5.41, 5.74) is 1.84. The van der Waals surface area contributed by atoms with Crippen molar-refractivity contribution in [1.82, 2.24) is 10.6 Å². The molecule has 0 aliphatic carbocycles. The largest absolute Gasteiger partial charge is 0.456 e. The molecule has 2 aromatic carbocycles. The van der Waals surface area contributed by atoms with Gasteiger partial charge in [-0.05, 0) is 29.7 Å². The molecular formula is C21H23ClN2O4. The Bertz CT molecular complexity index is 794. The van der Waals surface area contributed by atoms with Crippen LogP contribution in [0.1, 0.15) is 30.5 Å². The first-order valence-corrected chi connectivity index (χ1v) is 9.30. The third-order valence-corrected chi connectivity index (χ3v) is 4.22. The molecule has 0 unspecified atom stereocenters. The van der Waals surface area contributed by atoms with Crippen molar-refractivity contribution < 1.29 is 19.1 Å². The number of nitrogens with one attached hydrogen (secondary N) is 2. The minimum atomic E-state index is -0.560. The Morgan fingerprint density at radius 3 is 2.36 bits per heavy atom. The molecule has 0 radical (unpaired) electrons. The van der Waals surface area contributed by atoms with Crippen LogP contribution in [0.4, 0.5) is 0 Å². The summed E-state index contributed by atoms with van der Waals surface area (Å²) >= 11 is 5.83. The number of hydrogen-bond acceptors (Lipinski definition) is 4. The summed E-state index contributed by atoms with van der Waals surface area (Å²) in [4.78, 5) is 35.3. The van der Waals surface area contributed by atoms with E-state index in [0.717, 1.165) is 11.1 Å². The molecule has 0 heterocycles. The van der Waals surface area contributed by atoms with Crippen LogP contribution in [0.3, 0.4) is 0 Å². The second kappa shape index (κ2) is 11.1. The third kappa shape index (κ3) is 7.80.